The zero-order valence-electron chi connectivity index (χ0n) is 7.74. The Bertz CT molecular complexity index is 379. The van der Waals surface area contributed by atoms with Gasteiger partial charge in [-0.05, 0) is 19.8 Å². The van der Waals surface area contributed by atoms with E-state index in [2.05, 4.69) is 9.68 Å². The largest absolute Gasteiger partial charge is 0.480 e. The van der Waals surface area contributed by atoms with Gasteiger partial charge in [-0.2, -0.15) is 0 Å². The number of carboxylic acids is 1. The van der Waals surface area contributed by atoms with Crippen LogP contribution in [0.4, 0.5) is 0 Å². The molecule has 0 saturated heterocycles. The average molecular weight is 200 g/mol. The van der Waals surface area contributed by atoms with Gasteiger partial charge in [0.05, 0.1) is 11.3 Å². The lowest BCUT2D eigenvalue weighted by molar-refractivity contribution is -0.138. The molecule has 0 fully saturated rings. The van der Waals surface area contributed by atoms with Crippen LogP contribution in [0.3, 0.4) is 0 Å². The van der Waals surface area contributed by atoms with E-state index >= 15 is 0 Å². The highest BCUT2D eigenvalue weighted by Crippen LogP contribution is 2.03. The van der Waals surface area contributed by atoms with Crippen molar-refractivity contribution in [1.82, 2.24) is 5.16 Å². The van der Waals surface area contributed by atoms with Crippen molar-refractivity contribution in [2.24, 2.45) is 5.73 Å². The van der Waals surface area contributed by atoms with Crippen LogP contribution in [0.15, 0.2) is 9.32 Å². The van der Waals surface area contributed by atoms with Crippen molar-refractivity contribution < 1.29 is 14.4 Å². The lowest BCUT2D eigenvalue weighted by Gasteiger charge is -2.03. The SMILES string of the molecule is Cc1[nH]oc(=O)c1CC[C@H](N)C(=O)O. The lowest BCUT2D eigenvalue weighted by Crippen LogP contribution is -2.30. The van der Waals surface area contributed by atoms with Crippen LogP contribution in [0.2, 0.25) is 0 Å². The molecule has 0 amide bonds. The summed E-state index contributed by atoms with van der Waals surface area (Å²) in [6.07, 6.45) is 0.532. The molecule has 0 unspecified atom stereocenters. The Hall–Kier alpha value is -1.56. The molecular weight excluding hydrogens is 188 g/mol. The predicted molar refractivity (Wildman–Crippen MR) is 48.0 cm³/mol. The summed E-state index contributed by atoms with van der Waals surface area (Å²) in [5.41, 5.74) is 5.91. The fourth-order valence-corrected chi connectivity index (χ4v) is 1.11. The van der Waals surface area contributed by atoms with E-state index in [1.165, 1.54) is 0 Å². The Morgan fingerprint density at radius 1 is 1.71 bits per heavy atom. The summed E-state index contributed by atoms with van der Waals surface area (Å²) >= 11 is 0. The molecule has 0 aliphatic carbocycles. The summed E-state index contributed by atoms with van der Waals surface area (Å²) in [4.78, 5) is 21.4. The zero-order valence-corrected chi connectivity index (χ0v) is 7.74. The minimum Gasteiger partial charge on any atom is -0.480 e. The summed E-state index contributed by atoms with van der Waals surface area (Å²) in [5, 5.41) is 10.9. The molecule has 0 aromatic carbocycles. The maximum absolute atomic E-state index is 11.0. The molecule has 0 aliphatic rings. The first kappa shape index (κ1) is 10.5. The van der Waals surface area contributed by atoms with Crippen LogP contribution in [0.1, 0.15) is 17.7 Å². The van der Waals surface area contributed by atoms with Gasteiger partial charge in [-0.25, -0.2) is 9.95 Å². The number of hydrogen-bond acceptors (Lipinski definition) is 4. The van der Waals surface area contributed by atoms with Gasteiger partial charge in [0.2, 0.25) is 0 Å². The molecule has 0 radical (unpaired) electrons. The van der Waals surface area contributed by atoms with Crippen molar-refractivity contribution in [3.63, 3.8) is 0 Å². The minimum atomic E-state index is -1.07. The van der Waals surface area contributed by atoms with Crippen LogP contribution in [0.5, 0.6) is 0 Å². The van der Waals surface area contributed by atoms with E-state index in [0.29, 0.717) is 17.7 Å². The molecule has 1 rings (SSSR count). The Kier molecular flexibility index (Phi) is 3.08. The molecule has 4 N–H and O–H groups in total. The molecule has 6 nitrogen and oxygen atoms in total. The number of carboxylic acid groups (broad SMARTS) is 1. The van der Waals surface area contributed by atoms with E-state index in [1.807, 2.05) is 0 Å². The van der Waals surface area contributed by atoms with E-state index in [4.69, 9.17) is 10.8 Å². The van der Waals surface area contributed by atoms with Crippen molar-refractivity contribution in [2.45, 2.75) is 25.8 Å². The third-order valence-electron chi connectivity index (χ3n) is 2.02. The second-order valence-electron chi connectivity index (χ2n) is 3.08. The van der Waals surface area contributed by atoms with Gasteiger partial charge < -0.3 is 15.4 Å². The van der Waals surface area contributed by atoms with Crippen LogP contribution < -0.4 is 11.4 Å². The van der Waals surface area contributed by atoms with Crippen LogP contribution >= 0.6 is 0 Å². The highest BCUT2D eigenvalue weighted by molar-refractivity contribution is 5.73. The molecule has 0 saturated carbocycles. The first-order valence-corrected chi connectivity index (χ1v) is 4.17. The molecule has 1 atom stereocenters. The van der Waals surface area contributed by atoms with E-state index in [-0.39, 0.29) is 6.42 Å². The van der Waals surface area contributed by atoms with E-state index in [0.717, 1.165) is 0 Å². The molecule has 14 heavy (non-hydrogen) atoms. The number of H-pyrrole nitrogens is 1. The van der Waals surface area contributed by atoms with Gasteiger partial charge in [0.15, 0.2) is 0 Å². The monoisotopic (exact) mass is 200 g/mol. The van der Waals surface area contributed by atoms with Crippen molar-refractivity contribution in [3.8, 4) is 0 Å². The second-order valence-corrected chi connectivity index (χ2v) is 3.08. The van der Waals surface area contributed by atoms with Gasteiger partial charge >= 0.3 is 11.6 Å². The Morgan fingerprint density at radius 2 is 2.36 bits per heavy atom. The van der Waals surface area contributed by atoms with Gasteiger partial charge in [-0.1, -0.05) is 0 Å². The van der Waals surface area contributed by atoms with Crippen molar-refractivity contribution in [1.29, 1.82) is 0 Å². The summed E-state index contributed by atoms with van der Waals surface area (Å²) in [7, 11) is 0. The Labute approximate surface area is 79.7 Å². The van der Waals surface area contributed by atoms with Crippen LogP contribution in [0.25, 0.3) is 0 Å². The molecule has 0 bridgehead atoms. The molecular formula is C8H12N2O4. The number of hydrogen-bond donors (Lipinski definition) is 3. The van der Waals surface area contributed by atoms with Gasteiger partial charge in [-0.3, -0.25) is 4.79 Å². The summed E-state index contributed by atoms with van der Waals surface area (Å²) < 4.78 is 4.52. The molecule has 1 heterocycles. The number of carbonyl (C=O) groups is 1. The normalized spacial score (nSPS) is 12.7. The number of nitrogens with one attached hydrogen (secondary N) is 1. The van der Waals surface area contributed by atoms with E-state index in [9.17, 15) is 9.59 Å². The highest BCUT2D eigenvalue weighted by Gasteiger charge is 2.14. The van der Waals surface area contributed by atoms with E-state index in [1.54, 1.807) is 6.92 Å². The van der Waals surface area contributed by atoms with Crippen molar-refractivity contribution in [2.75, 3.05) is 0 Å². The number of rotatable bonds is 4. The van der Waals surface area contributed by atoms with Gasteiger partial charge in [0, 0.05) is 0 Å². The fraction of sp³-hybridized carbons (Fsp3) is 0.500. The smallest absolute Gasteiger partial charge is 0.360 e. The van der Waals surface area contributed by atoms with Crippen molar-refractivity contribution >= 4 is 5.97 Å². The zero-order chi connectivity index (χ0) is 10.7. The summed E-state index contributed by atoms with van der Waals surface area (Å²) in [6.45, 7) is 1.69. The third kappa shape index (κ3) is 2.23. The maximum Gasteiger partial charge on any atom is 0.360 e. The second kappa shape index (κ2) is 4.10. The lowest BCUT2D eigenvalue weighted by atomic mass is 10.1. The van der Waals surface area contributed by atoms with Crippen LogP contribution in [-0.4, -0.2) is 22.3 Å². The Morgan fingerprint density at radius 3 is 2.79 bits per heavy atom. The molecule has 78 valence electrons. The van der Waals surface area contributed by atoms with Crippen LogP contribution in [-0.2, 0) is 11.2 Å². The summed E-state index contributed by atoms with van der Waals surface area (Å²) in [5.74, 6) is -1.07. The first-order chi connectivity index (χ1) is 6.52. The predicted octanol–water partition coefficient (Wildman–Crippen LogP) is -0.379. The van der Waals surface area contributed by atoms with Gasteiger partial charge in [0.25, 0.3) is 0 Å². The summed E-state index contributed by atoms with van der Waals surface area (Å²) in [6, 6.07) is -0.941. The minimum absolute atomic E-state index is 0.221. The fourth-order valence-electron chi connectivity index (χ4n) is 1.11. The number of aromatic nitrogens is 1. The molecule has 6 heteroatoms. The Balaban J connectivity index is 2.62. The van der Waals surface area contributed by atoms with Crippen LogP contribution in [0, 0.1) is 6.92 Å². The van der Waals surface area contributed by atoms with E-state index < -0.39 is 17.6 Å². The molecule has 0 spiro atoms. The number of aryl methyl sites for hydroxylation is 1. The highest BCUT2D eigenvalue weighted by atomic mass is 16.5. The molecule has 1 aromatic heterocycles. The first-order valence-electron chi connectivity index (χ1n) is 4.17. The number of nitrogens with two attached hydrogens (primary N) is 1. The molecule has 1 aromatic rings. The maximum atomic E-state index is 11.0. The quantitative estimate of drug-likeness (QED) is 0.613. The number of aliphatic carboxylic acids is 1. The number of aromatic amines is 1. The third-order valence-corrected chi connectivity index (χ3v) is 2.02. The molecule has 0 aliphatic heterocycles. The van der Waals surface area contributed by atoms with Gasteiger partial charge in [-0.15, -0.1) is 0 Å². The topological polar surface area (TPSA) is 109 Å². The van der Waals surface area contributed by atoms with Crippen molar-refractivity contribution in [3.05, 3.63) is 21.7 Å². The van der Waals surface area contributed by atoms with Gasteiger partial charge in [0.1, 0.15) is 6.04 Å². The standard InChI is InChI=1S/C8H12N2O4/c1-4-5(8(13)14-10-4)2-3-6(9)7(11)12/h6,10H,2-3,9H2,1H3,(H,11,12)/t6-/m0/s1. The average Bonchev–Trinajstić information content (AvgIpc) is 2.43.